The average molecular weight is 304 g/mol. The molecular weight excluding hydrogens is 290 g/mol. The van der Waals surface area contributed by atoms with Crippen molar-refractivity contribution in [3.8, 4) is 5.75 Å². The standard InChI is InChI=1S/C15H14ClN3O2/c1-9-17-12-7-14-13(6-11(12)15(16)18-9)19(3-5-21-14)10-2-4-20-8-10/h3,5-7,10H,2,4,8H2,1H3. The van der Waals surface area contributed by atoms with Crippen LogP contribution in [0.3, 0.4) is 0 Å². The minimum absolute atomic E-state index is 0.325. The number of rotatable bonds is 1. The van der Waals surface area contributed by atoms with Crippen LogP contribution in [0.4, 0.5) is 5.69 Å². The largest absolute Gasteiger partial charge is 0.461 e. The van der Waals surface area contributed by atoms with Gasteiger partial charge < -0.3 is 14.4 Å². The third-order valence-electron chi connectivity index (χ3n) is 3.84. The van der Waals surface area contributed by atoms with Gasteiger partial charge in [0.05, 0.1) is 23.9 Å². The van der Waals surface area contributed by atoms with Gasteiger partial charge in [0.25, 0.3) is 0 Å². The molecule has 21 heavy (non-hydrogen) atoms. The van der Waals surface area contributed by atoms with Gasteiger partial charge in [0.1, 0.15) is 17.2 Å². The van der Waals surface area contributed by atoms with Crippen LogP contribution in [-0.4, -0.2) is 29.2 Å². The third kappa shape index (κ3) is 2.13. The van der Waals surface area contributed by atoms with Gasteiger partial charge in [-0.1, -0.05) is 11.6 Å². The molecule has 108 valence electrons. The van der Waals surface area contributed by atoms with Gasteiger partial charge in [-0.2, -0.15) is 0 Å². The van der Waals surface area contributed by atoms with Crippen molar-refractivity contribution < 1.29 is 9.47 Å². The van der Waals surface area contributed by atoms with Crippen molar-refractivity contribution in [3.05, 3.63) is 35.6 Å². The molecule has 2 aromatic rings. The molecule has 0 aliphatic carbocycles. The van der Waals surface area contributed by atoms with Crippen molar-refractivity contribution in [2.24, 2.45) is 0 Å². The first-order valence-electron chi connectivity index (χ1n) is 6.90. The second-order valence-corrected chi connectivity index (χ2v) is 5.58. The van der Waals surface area contributed by atoms with Gasteiger partial charge >= 0.3 is 0 Å². The summed E-state index contributed by atoms with van der Waals surface area (Å²) in [6.07, 6.45) is 4.64. The first kappa shape index (κ1) is 12.9. The van der Waals surface area contributed by atoms with Crippen LogP contribution in [0.1, 0.15) is 12.2 Å². The van der Waals surface area contributed by atoms with Crippen LogP contribution in [-0.2, 0) is 4.74 Å². The molecule has 0 spiro atoms. The second kappa shape index (κ2) is 4.86. The lowest BCUT2D eigenvalue weighted by Crippen LogP contribution is -2.32. The maximum atomic E-state index is 6.26. The third-order valence-corrected chi connectivity index (χ3v) is 4.12. The van der Waals surface area contributed by atoms with Gasteiger partial charge in [-0.05, 0) is 19.4 Å². The van der Waals surface area contributed by atoms with Crippen LogP contribution in [0, 0.1) is 6.92 Å². The monoisotopic (exact) mass is 303 g/mol. The van der Waals surface area contributed by atoms with Crippen LogP contribution in [0.15, 0.2) is 24.6 Å². The zero-order valence-corrected chi connectivity index (χ0v) is 12.3. The smallest absolute Gasteiger partial charge is 0.152 e. The van der Waals surface area contributed by atoms with Crippen LogP contribution in [0.2, 0.25) is 5.15 Å². The Morgan fingerprint density at radius 2 is 2.24 bits per heavy atom. The summed E-state index contributed by atoms with van der Waals surface area (Å²) >= 11 is 6.26. The number of anilines is 1. The molecule has 1 saturated heterocycles. The van der Waals surface area contributed by atoms with Crippen LogP contribution >= 0.6 is 11.6 Å². The summed E-state index contributed by atoms with van der Waals surface area (Å²) in [4.78, 5) is 10.8. The molecule has 1 aromatic carbocycles. The zero-order valence-electron chi connectivity index (χ0n) is 11.5. The molecular formula is C15H14ClN3O2. The van der Waals surface area contributed by atoms with Crippen molar-refractivity contribution in [2.75, 3.05) is 18.1 Å². The number of nitrogens with zero attached hydrogens (tertiary/aromatic N) is 3. The lowest BCUT2D eigenvalue weighted by Gasteiger charge is -2.30. The molecule has 0 N–H and O–H groups in total. The highest BCUT2D eigenvalue weighted by atomic mass is 35.5. The number of hydrogen-bond donors (Lipinski definition) is 0. The molecule has 2 aliphatic heterocycles. The molecule has 1 unspecified atom stereocenters. The van der Waals surface area contributed by atoms with Crippen LogP contribution in [0.5, 0.6) is 5.75 Å². The Labute approximate surface area is 127 Å². The lowest BCUT2D eigenvalue weighted by molar-refractivity contribution is 0.193. The number of benzene rings is 1. The van der Waals surface area contributed by atoms with E-state index in [1.165, 1.54) is 0 Å². The van der Waals surface area contributed by atoms with Crippen LogP contribution in [0.25, 0.3) is 10.9 Å². The van der Waals surface area contributed by atoms with E-state index >= 15 is 0 Å². The van der Waals surface area contributed by atoms with Gasteiger partial charge in [-0.15, -0.1) is 0 Å². The van der Waals surface area contributed by atoms with Crippen molar-refractivity contribution in [3.63, 3.8) is 0 Å². The fourth-order valence-corrected chi connectivity index (χ4v) is 3.10. The SMILES string of the molecule is Cc1nc(Cl)c2cc3c(cc2n1)OC=CN3C1CCOC1. The molecule has 6 heteroatoms. The zero-order chi connectivity index (χ0) is 14.4. The van der Waals surface area contributed by atoms with Crippen LogP contribution < -0.4 is 9.64 Å². The Morgan fingerprint density at radius 3 is 3.05 bits per heavy atom. The van der Waals surface area contributed by atoms with Crippen molar-refractivity contribution in [1.29, 1.82) is 0 Å². The topological polar surface area (TPSA) is 47.5 Å². The van der Waals surface area contributed by atoms with E-state index in [-0.39, 0.29) is 0 Å². The fourth-order valence-electron chi connectivity index (χ4n) is 2.82. The average Bonchev–Trinajstić information content (AvgIpc) is 2.98. The van der Waals surface area contributed by atoms with E-state index in [4.69, 9.17) is 21.1 Å². The Balaban J connectivity index is 1.87. The normalized spacial score (nSPS) is 20.7. The molecule has 4 rings (SSSR count). The molecule has 0 radical (unpaired) electrons. The van der Waals surface area contributed by atoms with E-state index in [0.717, 1.165) is 42.0 Å². The Kier molecular flexibility index (Phi) is 2.97. The Morgan fingerprint density at radius 1 is 1.33 bits per heavy atom. The van der Waals surface area contributed by atoms with E-state index < -0.39 is 0 Å². The van der Waals surface area contributed by atoms with Gasteiger partial charge in [0, 0.05) is 24.3 Å². The molecule has 1 atom stereocenters. The van der Waals surface area contributed by atoms with Gasteiger partial charge in [-0.3, -0.25) is 0 Å². The molecule has 1 aromatic heterocycles. The van der Waals surface area contributed by atoms with E-state index in [9.17, 15) is 0 Å². The predicted octanol–water partition coefficient (Wildman–Crippen LogP) is 3.05. The highest BCUT2D eigenvalue weighted by Crippen LogP contribution is 2.39. The summed E-state index contributed by atoms with van der Waals surface area (Å²) in [5, 5.41) is 1.31. The Hall–Kier alpha value is -1.85. The minimum atomic E-state index is 0.325. The Bertz CT molecular complexity index is 741. The molecule has 0 bridgehead atoms. The maximum absolute atomic E-state index is 6.26. The number of halogens is 1. The van der Waals surface area contributed by atoms with E-state index in [0.29, 0.717) is 17.0 Å². The number of hydrogen-bond acceptors (Lipinski definition) is 5. The van der Waals surface area contributed by atoms with E-state index in [1.54, 1.807) is 6.26 Å². The quantitative estimate of drug-likeness (QED) is 0.758. The summed E-state index contributed by atoms with van der Waals surface area (Å²) in [5.74, 6) is 1.44. The summed E-state index contributed by atoms with van der Waals surface area (Å²) in [6, 6.07) is 4.23. The first-order valence-corrected chi connectivity index (χ1v) is 7.27. The number of aryl methyl sites for hydroxylation is 1. The molecule has 2 aliphatic rings. The first-order chi connectivity index (χ1) is 10.2. The number of fused-ring (bicyclic) bond motifs is 2. The predicted molar refractivity (Wildman–Crippen MR) is 80.8 cm³/mol. The second-order valence-electron chi connectivity index (χ2n) is 5.23. The van der Waals surface area contributed by atoms with E-state index in [1.807, 2.05) is 25.3 Å². The molecule has 0 saturated carbocycles. The summed E-state index contributed by atoms with van der Waals surface area (Å²) in [6.45, 7) is 3.34. The molecule has 3 heterocycles. The fraction of sp³-hybridized carbons (Fsp3) is 0.333. The maximum Gasteiger partial charge on any atom is 0.152 e. The molecule has 0 amide bonds. The number of ether oxygens (including phenoxy) is 2. The highest BCUT2D eigenvalue weighted by molar-refractivity contribution is 6.34. The van der Waals surface area contributed by atoms with E-state index in [2.05, 4.69) is 14.9 Å². The van der Waals surface area contributed by atoms with Gasteiger partial charge in [0.15, 0.2) is 5.75 Å². The summed E-state index contributed by atoms with van der Waals surface area (Å²) in [5.41, 5.74) is 1.78. The van der Waals surface area contributed by atoms with Gasteiger partial charge in [0.2, 0.25) is 0 Å². The highest BCUT2D eigenvalue weighted by Gasteiger charge is 2.27. The van der Waals surface area contributed by atoms with Gasteiger partial charge in [-0.25, -0.2) is 9.97 Å². The van der Waals surface area contributed by atoms with Crippen molar-refractivity contribution >= 4 is 28.2 Å². The molecule has 1 fully saturated rings. The summed E-state index contributed by atoms with van der Waals surface area (Å²) < 4.78 is 11.1. The molecule has 5 nitrogen and oxygen atoms in total. The van der Waals surface area contributed by atoms with Crippen molar-refractivity contribution in [2.45, 2.75) is 19.4 Å². The lowest BCUT2D eigenvalue weighted by atomic mass is 10.1. The van der Waals surface area contributed by atoms with Crippen molar-refractivity contribution in [1.82, 2.24) is 9.97 Å². The minimum Gasteiger partial charge on any atom is -0.461 e. The number of aromatic nitrogens is 2. The summed E-state index contributed by atoms with van der Waals surface area (Å²) in [7, 11) is 0.